The molecule has 12 heteroatoms. The Morgan fingerprint density at radius 1 is 1.14 bits per heavy atom. The van der Waals surface area contributed by atoms with E-state index in [2.05, 4.69) is 26.2 Å². The number of hydrogen-bond donors (Lipinski definition) is 2. The summed E-state index contributed by atoms with van der Waals surface area (Å²) in [6, 6.07) is 7.11. The largest absolute Gasteiger partial charge is 0.475 e. The minimum Gasteiger partial charge on any atom is -0.475 e. The van der Waals surface area contributed by atoms with Gasteiger partial charge in [-0.05, 0) is 69.8 Å². The van der Waals surface area contributed by atoms with E-state index in [0.29, 0.717) is 28.8 Å². The highest BCUT2D eigenvalue weighted by molar-refractivity contribution is 7.22. The second kappa shape index (κ2) is 10.1. The molecule has 2 aromatic heterocycles. The Morgan fingerprint density at radius 2 is 1.88 bits per heavy atom. The van der Waals surface area contributed by atoms with Crippen LogP contribution in [0.1, 0.15) is 44.1 Å². The van der Waals surface area contributed by atoms with Crippen LogP contribution < -0.4 is 20.7 Å². The van der Waals surface area contributed by atoms with Crippen LogP contribution >= 0.6 is 22.9 Å². The van der Waals surface area contributed by atoms with Gasteiger partial charge in [-0.1, -0.05) is 22.9 Å². The summed E-state index contributed by atoms with van der Waals surface area (Å²) < 4.78 is 38.3. The molecule has 2 bridgehead atoms. The molecule has 4 aromatic rings. The Balaban J connectivity index is 1.35. The molecule has 0 spiro atoms. The molecule has 0 radical (unpaired) electrons. The number of pyridine rings is 1. The Hall–Kier alpha value is -3.30. The molecule has 6 heterocycles. The second-order valence-corrected chi connectivity index (χ2v) is 13.6. The molecule has 0 aliphatic carbocycles. The number of rotatable bonds is 5. The normalized spacial score (nSPS) is 22.9. The third kappa shape index (κ3) is 4.10. The third-order valence-corrected chi connectivity index (χ3v) is 11.1. The Bertz CT molecular complexity index is 1820. The van der Waals surface area contributed by atoms with Crippen molar-refractivity contribution in [1.82, 2.24) is 20.2 Å². The number of nitrogens with two attached hydrogens (primary N) is 1. The fourth-order valence-corrected chi connectivity index (χ4v) is 9.07. The van der Waals surface area contributed by atoms with Gasteiger partial charge in [-0.3, -0.25) is 4.90 Å². The number of nitrogens with zero attached hydrogens (tertiary/aromatic N) is 5. The minimum atomic E-state index is -0.665. The number of nitrogen functional groups attached to an aromatic ring is 1. The van der Waals surface area contributed by atoms with Gasteiger partial charge in [0, 0.05) is 41.7 Å². The number of fused-ring (bicyclic) bond motifs is 5. The van der Waals surface area contributed by atoms with Crippen LogP contribution in [0.3, 0.4) is 0 Å². The summed E-state index contributed by atoms with van der Waals surface area (Å²) in [5, 5.41) is 14.8. The first-order valence-corrected chi connectivity index (χ1v) is 16.1. The molecule has 2 unspecified atom stereocenters. The molecule has 0 amide bonds. The predicted molar refractivity (Wildman–Crippen MR) is 165 cm³/mol. The summed E-state index contributed by atoms with van der Waals surface area (Å²) in [7, 11) is 0. The lowest BCUT2D eigenvalue weighted by Gasteiger charge is -2.38. The van der Waals surface area contributed by atoms with Crippen LogP contribution in [0.5, 0.6) is 5.88 Å². The van der Waals surface area contributed by atoms with Crippen LogP contribution in [-0.2, 0) is 0 Å². The van der Waals surface area contributed by atoms with Crippen molar-refractivity contribution in [3.8, 4) is 23.1 Å². The summed E-state index contributed by atoms with van der Waals surface area (Å²) in [6.07, 6.45) is 6.21. The van der Waals surface area contributed by atoms with Gasteiger partial charge in [0.2, 0.25) is 5.88 Å². The molecular weight excluding hydrogens is 592 g/mol. The fourth-order valence-electron chi connectivity index (χ4n) is 8.01. The van der Waals surface area contributed by atoms with E-state index in [1.54, 1.807) is 6.07 Å². The summed E-state index contributed by atoms with van der Waals surface area (Å²) in [6.45, 7) is 4.02. The number of benzene rings is 2. The Morgan fingerprint density at radius 3 is 2.60 bits per heavy atom. The van der Waals surface area contributed by atoms with Gasteiger partial charge < -0.3 is 20.7 Å². The molecule has 2 aromatic carbocycles. The highest BCUT2D eigenvalue weighted by Gasteiger charge is 2.45. The lowest BCUT2D eigenvalue weighted by Crippen LogP contribution is -2.52. The first-order chi connectivity index (χ1) is 20.9. The highest BCUT2D eigenvalue weighted by Crippen LogP contribution is 2.47. The molecule has 4 aliphatic rings. The molecule has 222 valence electrons. The summed E-state index contributed by atoms with van der Waals surface area (Å²) in [5.74, 6) is -1.01. The number of piperazine rings is 1. The average Bonchev–Trinajstić information content (AvgIpc) is 3.74. The maximum Gasteiger partial charge on any atom is 0.234 e. The van der Waals surface area contributed by atoms with Crippen LogP contribution in [0.25, 0.3) is 32.2 Å². The molecule has 43 heavy (non-hydrogen) atoms. The van der Waals surface area contributed by atoms with Crippen LogP contribution in [0, 0.1) is 23.0 Å². The molecule has 4 saturated heterocycles. The van der Waals surface area contributed by atoms with Crippen molar-refractivity contribution >= 4 is 54.9 Å². The van der Waals surface area contributed by atoms with E-state index in [0.717, 1.165) is 76.0 Å². The van der Waals surface area contributed by atoms with Gasteiger partial charge in [0.05, 0.1) is 26.5 Å². The molecule has 0 saturated carbocycles. The SMILES string of the molecule is N#Cc1c(OCC23CCCN2CCC3)nc2c(F)c(-c3ccc(F)c4sc(N)nc34)c(Cl)cc2c1N1C2CCC1CNC2. The zero-order valence-electron chi connectivity index (χ0n) is 23.4. The summed E-state index contributed by atoms with van der Waals surface area (Å²) in [4.78, 5) is 13.8. The Labute approximate surface area is 256 Å². The van der Waals surface area contributed by atoms with Crippen molar-refractivity contribution in [2.24, 2.45) is 0 Å². The molecule has 4 aliphatic heterocycles. The molecule has 8 nitrogen and oxygen atoms in total. The van der Waals surface area contributed by atoms with E-state index in [4.69, 9.17) is 27.1 Å². The zero-order chi connectivity index (χ0) is 29.5. The lowest BCUT2D eigenvalue weighted by atomic mass is 9.95. The van der Waals surface area contributed by atoms with Crippen molar-refractivity contribution in [3.05, 3.63) is 40.4 Å². The monoisotopic (exact) mass is 621 g/mol. The van der Waals surface area contributed by atoms with E-state index in [9.17, 15) is 9.65 Å². The van der Waals surface area contributed by atoms with E-state index in [1.807, 2.05) is 0 Å². The lowest BCUT2D eigenvalue weighted by molar-refractivity contribution is 0.111. The van der Waals surface area contributed by atoms with Crippen LogP contribution in [0.15, 0.2) is 18.2 Å². The number of aromatic nitrogens is 2. The number of thiazole rings is 1. The van der Waals surface area contributed by atoms with Gasteiger partial charge in [0.15, 0.2) is 10.9 Å². The number of ether oxygens (including phenoxy) is 1. The predicted octanol–water partition coefficient (Wildman–Crippen LogP) is 5.84. The van der Waals surface area contributed by atoms with Gasteiger partial charge in [0.1, 0.15) is 29.6 Å². The van der Waals surface area contributed by atoms with Crippen molar-refractivity contribution < 1.29 is 13.5 Å². The fraction of sp³-hybridized carbons (Fsp3) is 0.452. The smallest absolute Gasteiger partial charge is 0.234 e. The van der Waals surface area contributed by atoms with E-state index < -0.39 is 11.6 Å². The van der Waals surface area contributed by atoms with Crippen molar-refractivity contribution in [2.75, 3.05) is 43.4 Å². The van der Waals surface area contributed by atoms with Crippen LogP contribution in [0.2, 0.25) is 5.02 Å². The van der Waals surface area contributed by atoms with Gasteiger partial charge in [0.25, 0.3) is 0 Å². The van der Waals surface area contributed by atoms with Crippen LogP contribution in [0.4, 0.5) is 19.6 Å². The molecular formula is C31H30ClF2N7OS. The number of hydrogen-bond acceptors (Lipinski definition) is 9. The Kier molecular flexibility index (Phi) is 6.42. The maximum atomic E-state index is 16.9. The summed E-state index contributed by atoms with van der Waals surface area (Å²) in [5.41, 5.74) is 7.48. The zero-order valence-corrected chi connectivity index (χ0v) is 25.0. The van der Waals surface area contributed by atoms with Gasteiger partial charge >= 0.3 is 0 Å². The van der Waals surface area contributed by atoms with Gasteiger partial charge in [-0.25, -0.2) is 18.7 Å². The first-order valence-electron chi connectivity index (χ1n) is 14.9. The maximum absolute atomic E-state index is 16.9. The number of nitrogens with one attached hydrogen (secondary N) is 1. The molecule has 2 atom stereocenters. The summed E-state index contributed by atoms with van der Waals surface area (Å²) >= 11 is 7.87. The van der Waals surface area contributed by atoms with E-state index >= 15 is 4.39 Å². The number of halogens is 3. The average molecular weight is 622 g/mol. The highest BCUT2D eigenvalue weighted by atomic mass is 35.5. The minimum absolute atomic E-state index is 0.0641. The van der Waals surface area contributed by atoms with Crippen molar-refractivity contribution in [3.63, 3.8) is 0 Å². The quantitative estimate of drug-likeness (QED) is 0.286. The van der Waals surface area contributed by atoms with E-state index in [1.165, 1.54) is 12.1 Å². The number of anilines is 2. The standard InChI is InChI=1S/C31H30ClF2N7OS/c32-21-11-19-25(24(34)23(21)18-5-6-22(33)28-26(18)39-30(36)43-28)38-29(42-15-31-7-1-9-40(31)10-2-8-31)20(12-35)27(19)41-16-3-4-17(41)14-37-13-16/h5-6,11,16-17,37H,1-4,7-10,13-15H2,(H2,36,39). The van der Waals surface area contributed by atoms with Crippen molar-refractivity contribution in [2.45, 2.75) is 56.1 Å². The number of nitriles is 1. The molecule has 3 N–H and O–H groups in total. The van der Waals surface area contributed by atoms with Gasteiger partial charge in [-0.2, -0.15) is 5.26 Å². The molecule has 8 rings (SSSR count). The van der Waals surface area contributed by atoms with Crippen molar-refractivity contribution in [1.29, 1.82) is 5.26 Å². The van der Waals surface area contributed by atoms with E-state index in [-0.39, 0.29) is 55.0 Å². The second-order valence-electron chi connectivity index (χ2n) is 12.2. The topological polar surface area (TPSA) is 103 Å². The first kappa shape index (κ1) is 27.3. The van der Waals surface area contributed by atoms with Gasteiger partial charge in [-0.15, -0.1) is 0 Å². The molecule has 4 fully saturated rings. The van der Waals surface area contributed by atoms with Crippen LogP contribution in [-0.4, -0.2) is 65.3 Å². The third-order valence-electron chi connectivity index (χ3n) is 9.93.